The van der Waals surface area contributed by atoms with Gasteiger partial charge in [-0.3, -0.25) is 10.1 Å². The number of alkyl halides is 3. The lowest BCUT2D eigenvalue weighted by molar-refractivity contribution is -0.141. The summed E-state index contributed by atoms with van der Waals surface area (Å²) in [7, 11) is 1.47. The van der Waals surface area contributed by atoms with Crippen LogP contribution < -0.4 is 10.6 Å². The molecule has 0 bridgehead atoms. The van der Waals surface area contributed by atoms with Gasteiger partial charge in [0.1, 0.15) is 5.69 Å². The van der Waals surface area contributed by atoms with Crippen LogP contribution in [0, 0.1) is 0 Å². The largest absolute Gasteiger partial charge is 0.439 e. The van der Waals surface area contributed by atoms with Crippen molar-refractivity contribution in [3.8, 4) is 0 Å². The molecule has 11 nitrogen and oxygen atoms in total. The molecular weight excluding hydrogens is 399 g/mol. The summed E-state index contributed by atoms with van der Waals surface area (Å²) in [4.78, 5) is 27.2. The van der Waals surface area contributed by atoms with Crippen LogP contribution in [0.5, 0.6) is 0 Å². The molecule has 1 aliphatic rings. The number of rotatable bonds is 6. The summed E-state index contributed by atoms with van der Waals surface area (Å²) in [6.07, 6.45) is -5.32. The summed E-state index contributed by atoms with van der Waals surface area (Å²) in [5, 5.41) is 15.3. The highest BCUT2D eigenvalue weighted by Crippen LogP contribution is 2.29. The molecule has 2 N–H and O–H groups in total. The molecule has 0 aromatic carbocycles. The van der Waals surface area contributed by atoms with Crippen molar-refractivity contribution in [1.82, 2.24) is 30.5 Å². The Morgan fingerprint density at radius 3 is 2.79 bits per heavy atom. The summed E-state index contributed by atoms with van der Waals surface area (Å²) in [5.74, 6) is -0.763. The highest BCUT2D eigenvalue weighted by molar-refractivity contribution is 6.04. The number of hydrogen-bond donors (Lipinski definition) is 2. The topological polar surface area (TPSA) is 133 Å². The van der Waals surface area contributed by atoms with Crippen LogP contribution in [-0.2, 0) is 29.3 Å². The number of tetrazole rings is 1. The van der Waals surface area contributed by atoms with Crippen molar-refractivity contribution >= 4 is 17.9 Å². The van der Waals surface area contributed by atoms with Crippen LogP contribution in [0.3, 0.4) is 0 Å². The second-order valence-electron chi connectivity index (χ2n) is 6.45. The van der Waals surface area contributed by atoms with Crippen molar-refractivity contribution in [3.05, 3.63) is 29.1 Å². The lowest BCUT2D eigenvalue weighted by atomic mass is 10.1. The molecule has 0 aliphatic carbocycles. The first kappa shape index (κ1) is 20.4. The molecule has 1 fully saturated rings. The van der Waals surface area contributed by atoms with E-state index in [1.165, 1.54) is 11.7 Å². The fraction of sp³-hybridized carbons (Fsp3) is 0.467. The van der Waals surface area contributed by atoms with Crippen LogP contribution in [0.4, 0.5) is 23.9 Å². The van der Waals surface area contributed by atoms with E-state index < -0.39 is 36.1 Å². The molecule has 1 unspecified atom stereocenters. The number of pyridine rings is 1. The van der Waals surface area contributed by atoms with E-state index in [1.54, 1.807) is 6.92 Å². The van der Waals surface area contributed by atoms with E-state index in [9.17, 15) is 22.8 Å². The third-order valence-corrected chi connectivity index (χ3v) is 3.95. The molecule has 2 aromatic heterocycles. The summed E-state index contributed by atoms with van der Waals surface area (Å²) >= 11 is 0. The molecule has 1 aliphatic heterocycles. The van der Waals surface area contributed by atoms with Gasteiger partial charge in [0, 0.05) is 7.05 Å². The van der Waals surface area contributed by atoms with Crippen molar-refractivity contribution in [2.45, 2.75) is 25.3 Å². The number of aryl methyl sites for hydroxylation is 1. The van der Waals surface area contributed by atoms with Gasteiger partial charge in [-0.1, -0.05) is 5.10 Å². The smallest absolute Gasteiger partial charge is 0.433 e. The first-order valence-electron chi connectivity index (χ1n) is 8.23. The number of hydrogen-bond acceptors (Lipinski definition) is 8. The Balaban J connectivity index is 1.79. The second kappa shape index (κ2) is 7.62. The monoisotopic (exact) mass is 415 g/mol. The standard InChI is InChI=1S/C15H16F3N7O4/c1-14(6-19-13(27)29-14)7-28-5-9-8(3-4-10(20-9)15(16,17)18)11(26)21-12-22-23-24-25(12)2/h3-4H,5-7H2,1-2H3,(H,19,27)(H,21,22,24,26). The number of alkyl carbamates (subject to hydrolysis) is 1. The fourth-order valence-electron chi connectivity index (χ4n) is 2.48. The highest BCUT2D eigenvalue weighted by atomic mass is 19.4. The number of aromatic nitrogens is 5. The number of cyclic esters (lactones) is 1. The summed E-state index contributed by atoms with van der Waals surface area (Å²) in [5.41, 5.74) is -2.54. The van der Waals surface area contributed by atoms with Crippen LogP contribution in [0.15, 0.2) is 12.1 Å². The number of anilines is 1. The van der Waals surface area contributed by atoms with Gasteiger partial charge in [-0.15, -0.1) is 0 Å². The SMILES string of the molecule is Cn1nnnc1NC(=O)c1ccc(C(F)(F)F)nc1COCC1(C)CNC(=O)O1. The van der Waals surface area contributed by atoms with E-state index in [0.717, 1.165) is 6.07 Å². The van der Waals surface area contributed by atoms with Gasteiger partial charge >= 0.3 is 12.3 Å². The highest BCUT2D eigenvalue weighted by Gasteiger charge is 2.36. The third-order valence-electron chi connectivity index (χ3n) is 3.95. The number of carbonyl (C=O) groups excluding carboxylic acids is 2. The van der Waals surface area contributed by atoms with E-state index in [-0.39, 0.29) is 30.4 Å². The molecule has 2 aromatic rings. The minimum Gasteiger partial charge on any atom is -0.439 e. The first-order chi connectivity index (χ1) is 13.6. The zero-order valence-corrected chi connectivity index (χ0v) is 15.3. The maximum Gasteiger partial charge on any atom is 0.433 e. The van der Waals surface area contributed by atoms with Gasteiger partial charge in [-0.2, -0.15) is 13.2 Å². The third kappa shape index (κ3) is 4.77. The Kier molecular flexibility index (Phi) is 5.37. The van der Waals surface area contributed by atoms with Crippen molar-refractivity contribution in [1.29, 1.82) is 0 Å². The molecule has 1 saturated heterocycles. The fourth-order valence-corrected chi connectivity index (χ4v) is 2.48. The van der Waals surface area contributed by atoms with Crippen LogP contribution in [-0.4, -0.2) is 55.9 Å². The van der Waals surface area contributed by atoms with Gasteiger partial charge in [-0.25, -0.2) is 14.5 Å². The maximum absolute atomic E-state index is 13.0. The lowest BCUT2D eigenvalue weighted by Crippen LogP contribution is -2.35. The quantitative estimate of drug-likeness (QED) is 0.711. The van der Waals surface area contributed by atoms with Gasteiger partial charge in [0.2, 0.25) is 5.95 Å². The average Bonchev–Trinajstić information content (AvgIpc) is 3.19. The number of nitrogens with one attached hydrogen (secondary N) is 2. The summed E-state index contributed by atoms with van der Waals surface area (Å²) < 4.78 is 50.7. The molecule has 2 amide bonds. The van der Waals surface area contributed by atoms with E-state index in [0.29, 0.717) is 6.07 Å². The Morgan fingerprint density at radius 2 is 2.21 bits per heavy atom. The van der Waals surface area contributed by atoms with Crippen LogP contribution >= 0.6 is 0 Å². The zero-order chi connectivity index (χ0) is 21.2. The van der Waals surface area contributed by atoms with Crippen LogP contribution in [0.2, 0.25) is 0 Å². The Hall–Kier alpha value is -3.29. The van der Waals surface area contributed by atoms with Gasteiger partial charge in [0.25, 0.3) is 5.91 Å². The summed E-state index contributed by atoms with van der Waals surface area (Å²) in [6.45, 7) is 1.24. The molecule has 3 heterocycles. The number of ether oxygens (including phenoxy) is 2. The van der Waals surface area contributed by atoms with Crippen LogP contribution in [0.25, 0.3) is 0 Å². The molecule has 0 saturated carbocycles. The lowest BCUT2D eigenvalue weighted by Gasteiger charge is -2.21. The van der Waals surface area contributed by atoms with Gasteiger partial charge in [0.05, 0.1) is 31.0 Å². The van der Waals surface area contributed by atoms with Crippen molar-refractivity contribution in [3.63, 3.8) is 0 Å². The summed E-state index contributed by atoms with van der Waals surface area (Å²) in [6, 6.07) is 1.68. The minimum atomic E-state index is -4.70. The van der Waals surface area contributed by atoms with Gasteiger partial charge in [0.15, 0.2) is 5.60 Å². The Labute approximate surface area is 161 Å². The second-order valence-corrected chi connectivity index (χ2v) is 6.45. The average molecular weight is 415 g/mol. The van der Waals surface area contributed by atoms with E-state index >= 15 is 0 Å². The number of amides is 2. The van der Waals surface area contributed by atoms with E-state index in [4.69, 9.17) is 9.47 Å². The Morgan fingerprint density at radius 1 is 1.45 bits per heavy atom. The predicted molar refractivity (Wildman–Crippen MR) is 88.5 cm³/mol. The molecule has 156 valence electrons. The van der Waals surface area contributed by atoms with E-state index in [2.05, 4.69) is 31.1 Å². The first-order valence-corrected chi connectivity index (χ1v) is 8.23. The zero-order valence-electron chi connectivity index (χ0n) is 15.3. The number of nitrogens with zero attached hydrogens (tertiary/aromatic N) is 5. The number of carbonyl (C=O) groups is 2. The molecule has 1 atom stereocenters. The van der Waals surface area contributed by atoms with Crippen molar-refractivity contribution in [2.75, 3.05) is 18.5 Å². The van der Waals surface area contributed by atoms with Gasteiger partial charge < -0.3 is 14.8 Å². The predicted octanol–water partition coefficient (Wildman–Crippen LogP) is 0.891. The molecule has 0 spiro atoms. The molecule has 0 radical (unpaired) electrons. The minimum absolute atomic E-state index is 0.00165. The number of halogens is 3. The van der Waals surface area contributed by atoms with Crippen LogP contribution in [0.1, 0.15) is 28.7 Å². The molecule has 29 heavy (non-hydrogen) atoms. The van der Waals surface area contributed by atoms with Gasteiger partial charge in [-0.05, 0) is 29.5 Å². The van der Waals surface area contributed by atoms with Crippen molar-refractivity contribution < 1.29 is 32.2 Å². The van der Waals surface area contributed by atoms with E-state index in [1.807, 2.05) is 0 Å². The normalized spacial score (nSPS) is 19.0. The maximum atomic E-state index is 13.0. The molecule has 14 heteroatoms. The van der Waals surface area contributed by atoms with Crippen molar-refractivity contribution in [2.24, 2.45) is 7.05 Å². The molecular formula is C15H16F3N7O4. The molecule has 3 rings (SSSR count). The Bertz CT molecular complexity index is 933.